The fraction of sp³-hybridized carbons (Fsp3) is 0.500. The van der Waals surface area contributed by atoms with Crippen molar-refractivity contribution in [3.05, 3.63) is 41.6 Å². The lowest BCUT2D eigenvalue weighted by Gasteiger charge is -2.23. The molecule has 3 heterocycles. The van der Waals surface area contributed by atoms with Gasteiger partial charge in [0.25, 0.3) is 5.91 Å². The molecule has 1 aromatic heterocycles. The van der Waals surface area contributed by atoms with Gasteiger partial charge < -0.3 is 20.1 Å². The Balaban J connectivity index is 1.44. The van der Waals surface area contributed by atoms with E-state index in [0.717, 1.165) is 18.5 Å². The van der Waals surface area contributed by atoms with Crippen LogP contribution in [0.1, 0.15) is 48.5 Å². The van der Waals surface area contributed by atoms with Crippen LogP contribution in [0.15, 0.2) is 30.3 Å². The van der Waals surface area contributed by atoms with E-state index in [4.69, 9.17) is 4.74 Å². The van der Waals surface area contributed by atoms with E-state index < -0.39 is 18.7 Å². The third kappa shape index (κ3) is 4.44. The van der Waals surface area contributed by atoms with Crippen LogP contribution in [-0.2, 0) is 4.74 Å². The van der Waals surface area contributed by atoms with Crippen LogP contribution in [0.4, 0.5) is 18.9 Å². The molecule has 2 aliphatic heterocycles. The van der Waals surface area contributed by atoms with Crippen molar-refractivity contribution in [1.29, 1.82) is 0 Å². The minimum Gasteiger partial charge on any atom is -0.467 e. The molecular formula is C20H23F3N4O3. The first-order valence-corrected chi connectivity index (χ1v) is 9.79. The van der Waals surface area contributed by atoms with Gasteiger partial charge in [-0.05, 0) is 38.0 Å². The molecule has 2 aliphatic rings. The molecule has 1 amide bonds. The Hall–Kier alpha value is -2.59. The zero-order valence-electron chi connectivity index (χ0n) is 16.6. The van der Waals surface area contributed by atoms with Crippen molar-refractivity contribution < 1.29 is 27.4 Å². The van der Waals surface area contributed by atoms with E-state index in [9.17, 15) is 18.0 Å². The molecule has 0 radical (unpaired) electrons. The maximum atomic E-state index is 12.7. The van der Waals surface area contributed by atoms with Crippen LogP contribution in [0.2, 0.25) is 0 Å². The molecule has 7 nitrogen and oxygen atoms in total. The van der Waals surface area contributed by atoms with Crippen molar-refractivity contribution >= 4 is 11.6 Å². The van der Waals surface area contributed by atoms with Crippen LogP contribution in [-0.4, -0.2) is 47.2 Å². The summed E-state index contributed by atoms with van der Waals surface area (Å²) in [5.41, 5.74) is 1.71. The molecule has 1 aromatic carbocycles. The number of carbonyl (C=O) groups excluding carboxylic acids is 1. The van der Waals surface area contributed by atoms with Crippen molar-refractivity contribution in [2.24, 2.45) is 0 Å². The number of amides is 1. The zero-order valence-corrected chi connectivity index (χ0v) is 16.6. The number of hydrogen-bond acceptors (Lipinski definition) is 5. The number of rotatable bonds is 6. The van der Waals surface area contributed by atoms with Gasteiger partial charge in [-0.15, -0.1) is 5.10 Å². The molecule has 4 rings (SSSR count). The van der Waals surface area contributed by atoms with Crippen molar-refractivity contribution in [1.82, 2.24) is 15.1 Å². The van der Waals surface area contributed by atoms with E-state index in [0.29, 0.717) is 11.7 Å². The van der Waals surface area contributed by atoms with Gasteiger partial charge in [0.05, 0.1) is 12.2 Å². The van der Waals surface area contributed by atoms with E-state index in [1.807, 2.05) is 12.1 Å². The lowest BCUT2D eigenvalue weighted by molar-refractivity contribution is -0.154. The predicted molar refractivity (Wildman–Crippen MR) is 103 cm³/mol. The Labute approximate surface area is 171 Å². The average Bonchev–Trinajstić information content (AvgIpc) is 3.41. The summed E-state index contributed by atoms with van der Waals surface area (Å²) in [4.78, 5) is 12.7. The number of nitrogens with zero attached hydrogens (tertiary/aromatic N) is 2. The number of benzene rings is 1. The summed E-state index contributed by atoms with van der Waals surface area (Å²) < 4.78 is 49.2. The highest BCUT2D eigenvalue weighted by atomic mass is 19.4. The second-order valence-corrected chi connectivity index (χ2v) is 7.82. The summed E-state index contributed by atoms with van der Waals surface area (Å²) in [7, 11) is 0. The number of fused-ring (bicyclic) bond motifs is 2. The molecule has 10 heteroatoms. The van der Waals surface area contributed by atoms with Gasteiger partial charge in [-0.1, -0.05) is 12.1 Å². The van der Waals surface area contributed by atoms with Crippen LogP contribution in [0.25, 0.3) is 0 Å². The molecule has 2 fully saturated rings. The second kappa shape index (κ2) is 7.92. The quantitative estimate of drug-likeness (QED) is 0.743. The summed E-state index contributed by atoms with van der Waals surface area (Å²) in [6.07, 6.45) is -3.22. The van der Waals surface area contributed by atoms with Crippen LogP contribution in [0.5, 0.6) is 5.88 Å². The fourth-order valence-electron chi connectivity index (χ4n) is 3.79. The monoisotopic (exact) mass is 424 g/mol. The van der Waals surface area contributed by atoms with Crippen molar-refractivity contribution in [2.45, 2.75) is 50.7 Å². The number of ether oxygens (including phenoxy) is 2. The number of anilines is 1. The molecule has 0 spiro atoms. The Morgan fingerprint density at radius 2 is 2.10 bits per heavy atom. The van der Waals surface area contributed by atoms with Crippen molar-refractivity contribution in [3.63, 3.8) is 0 Å². The lowest BCUT2D eigenvalue weighted by Crippen LogP contribution is -2.33. The molecule has 2 N–H and O–H groups in total. The van der Waals surface area contributed by atoms with Gasteiger partial charge in [0.15, 0.2) is 6.61 Å². The first-order chi connectivity index (χ1) is 14.2. The maximum Gasteiger partial charge on any atom is 0.422 e. The molecule has 30 heavy (non-hydrogen) atoms. The van der Waals surface area contributed by atoms with Gasteiger partial charge >= 0.3 is 6.18 Å². The molecular weight excluding hydrogens is 401 g/mol. The average molecular weight is 424 g/mol. The Morgan fingerprint density at radius 3 is 2.67 bits per heavy atom. The largest absolute Gasteiger partial charge is 0.467 e. The zero-order chi connectivity index (χ0) is 21.5. The number of nitrogens with one attached hydrogen (secondary N) is 2. The van der Waals surface area contributed by atoms with E-state index in [-0.39, 0.29) is 29.8 Å². The van der Waals surface area contributed by atoms with Crippen molar-refractivity contribution in [3.8, 4) is 5.88 Å². The maximum absolute atomic E-state index is 12.7. The van der Waals surface area contributed by atoms with E-state index in [1.165, 1.54) is 10.7 Å². The molecule has 162 valence electrons. The fourth-order valence-corrected chi connectivity index (χ4v) is 3.79. The second-order valence-electron chi connectivity index (χ2n) is 7.82. The topological polar surface area (TPSA) is 77.4 Å². The SMILES string of the molecule is CC(C)n1nc(OCC(F)(F)F)cc1C(=O)Nc1ccc([C@@H]2O[C@H]3CN[C@@H]2C3)cc1. The Bertz CT molecular complexity index is 911. The number of hydrogen-bond donors (Lipinski definition) is 2. The first-order valence-electron chi connectivity index (χ1n) is 9.79. The van der Waals surface area contributed by atoms with Crippen LogP contribution >= 0.6 is 0 Å². The first kappa shape index (κ1) is 20.7. The van der Waals surface area contributed by atoms with Gasteiger partial charge in [0.1, 0.15) is 5.69 Å². The van der Waals surface area contributed by atoms with Gasteiger partial charge in [0.2, 0.25) is 5.88 Å². The van der Waals surface area contributed by atoms with E-state index in [2.05, 4.69) is 20.5 Å². The minimum atomic E-state index is -4.48. The molecule has 2 saturated heterocycles. The standard InChI is InChI=1S/C20H23F3N4O3/c1-11(2)27-16(8-17(26-27)29-10-20(21,22)23)19(28)25-13-5-3-12(4-6-13)18-15-7-14(30-18)9-24-15/h3-6,8,11,14-15,18,24H,7,9-10H2,1-2H3,(H,25,28)/t14-,15-,18+/m1/s1. The molecule has 2 bridgehead atoms. The summed E-state index contributed by atoms with van der Waals surface area (Å²) in [6, 6.07) is 8.65. The highest BCUT2D eigenvalue weighted by Crippen LogP contribution is 2.37. The predicted octanol–water partition coefficient (Wildman–Crippen LogP) is 3.46. The molecule has 2 aromatic rings. The number of aromatic nitrogens is 2. The summed E-state index contributed by atoms with van der Waals surface area (Å²) in [5.74, 6) is -0.730. The molecule has 3 atom stereocenters. The van der Waals surface area contributed by atoms with Crippen LogP contribution in [0, 0.1) is 0 Å². The Kier molecular flexibility index (Phi) is 5.46. The molecule has 0 saturated carbocycles. The van der Waals surface area contributed by atoms with Crippen LogP contribution < -0.4 is 15.4 Å². The minimum absolute atomic E-state index is 0.00390. The number of carbonyl (C=O) groups is 1. The highest BCUT2D eigenvalue weighted by molar-refractivity contribution is 6.03. The normalized spacial score (nSPS) is 23.2. The van der Waals surface area contributed by atoms with Gasteiger partial charge in [0, 0.05) is 30.4 Å². The summed E-state index contributed by atoms with van der Waals surface area (Å²) >= 11 is 0. The molecule has 0 unspecified atom stereocenters. The Morgan fingerprint density at radius 1 is 1.37 bits per heavy atom. The number of halogens is 3. The summed E-state index contributed by atoms with van der Waals surface area (Å²) in [6.45, 7) is 2.96. The van der Waals surface area contributed by atoms with Crippen molar-refractivity contribution in [2.75, 3.05) is 18.5 Å². The molecule has 0 aliphatic carbocycles. The van der Waals surface area contributed by atoms with Crippen LogP contribution in [0.3, 0.4) is 0 Å². The van der Waals surface area contributed by atoms with Gasteiger partial charge in [-0.2, -0.15) is 13.2 Å². The number of alkyl halides is 3. The highest BCUT2D eigenvalue weighted by Gasteiger charge is 2.41. The van der Waals surface area contributed by atoms with E-state index in [1.54, 1.807) is 26.0 Å². The van der Waals surface area contributed by atoms with Gasteiger partial charge in [-0.3, -0.25) is 9.48 Å². The number of morpholine rings is 1. The summed E-state index contributed by atoms with van der Waals surface area (Å²) in [5, 5.41) is 10.2. The smallest absolute Gasteiger partial charge is 0.422 e. The third-order valence-corrected chi connectivity index (χ3v) is 5.14. The lowest BCUT2D eigenvalue weighted by atomic mass is 10.0. The van der Waals surface area contributed by atoms with E-state index >= 15 is 0 Å². The third-order valence-electron chi connectivity index (χ3n) is 5.14. The van der Waals surface area contributed by atoms with Gasteiger partial charge in [-0.25, -0.2) is 0 Å².